The molecule has 0 bridgehead atoms. The topological polar surface area (TPSA) is 23.6 Å². The molecule has 1 atom stereocenters. The first-order chi connectivity index (χ1) is 14.7. The Morgan fingerprint density at radius 2 is 1.47 bits per heavy atom. The molecule has 2 aliphatic rings. The fourth-order valence-corrected chi connectivity index (χ4v) is 5.27. The van der Waals surface area contributed by atoms with Crippen LogP contribution in [-0.4, -0.2) is 41.8 Å². The van der Waals surface area contributed by atoms with Crippen LogP contribution in [0.4, 0.5) is 0 Å². The number of Topliss-reactive ketones (excluding diaryl/α,β-unsaturated/α-hetero) is 1. The molecule has 0 radical (unpaired) electrons. The number of hydrogen-bond acceptors (Lipinski definition) is 3. The van der Waals surface area contributed by atoms with Gasteiger partial charge in [0.25, 0.3) is 0 Å². The number of fused-ring (bicyclic) bond motifs is 1. The molecule has 3 nitrogen and oxygen atoms in total. The minimum Gasteiger partial charge on any atom is -0.297 e. The third-order valence-electron chi connectivity index (χ3n) is 6.58. The Hall–Kier alpha value is -2.46. The maximum atomic E-state index is 13.8. The average molecular weight is 417 g/mol. The molecule has 0 N–H and O–H groups in total. The summed E-state index contributed by atoms with van der Waals surface area (Å²) in [6, 6.07) is 26.6. The number of nitrogens with zero attached hydrogens (tertiary/aromatic N) is 2. The first kappa shape index (κ1) is 19.5. The van der Waals surface area contributed by atoms with Gasteiger partial charge in [-0.25, -0.2) is 0 Å². The largest absolute Gasteiger partial charge is 0.297 e. The quantitative estimate of drug-likeness (QED) is 0.610. The highest BCUT2D eigenvalue weighted by atomic mass is 35.5. The van der Waals surface area contributed by atoms with Crippen LogP contribution in [0, 0.1) is 0 Å². The summed E-state index contributed by atoms with van der Waals surface area (Å²) >= 11 is 6.52. The smallest absolute Gasteiger partial charge is 0.188 e. The van der Waals surface area contributed by atoms with Gasteiger partial charge in [0, 0.05) is 49.7 Å². The van der Waals surface area contributed by atoms with Gasteiger partial charge in [-0.1, -0.05) is 84.4 Å². The molecular weight excluding hydrogens is 392 g/mol. The molecule has 0 saturated carbocycles. The number of piperazine rings is 1. The summed E-state index contributed by atoms with van der Waals surface area (Å²) in [5, 5.41) is 0.696. The molecule has 0 amide bonds. The molecule has 4 heteroatoms. The van der Waals surface area contributed by atoms with Crippen LogP contribution in [0.5, 0.6) is 0 Å². The maximum Gasteiger partial charge on any atom is 0.188 e. The monoisotopic (exact) mass is 416 g/mol. The zero-order valence-corrected chi connectivity index (χ0v) is 17.7. The SMILES string of the molecule is O=C1c2cccc(Cl)c2CC1(c1ccccc1)N1CCN(Cc2ccccc2)CC1. The van der Waals surface area contributed by atoms with Crippen LogP contribution in [0.25, 0.3) is 0 Å². The number of carbonyl (C=O) groups excluding carboxylic acids is 1. The standard InChI is InChI=1S/C26H25ClN2O/c27-24-13-7-12-22-23(24)18-26(25(22)30,21-10-5-2-6-11-21)29-16-14-28(15-17-29)19-20-8-3-1-4-9-20/h1-13H,14-19H2. The van der Waals surface area contributed by atoms with Crippen LogP contribution in [0.1, 0.15) is 27.0 Å². The Morgan fingerprint density at radius 3 is 2.13 bits per heavy atom. The van der Waals surface area contributed by atoms with E-state index in [-0.39, 0.29) is 5.78 Å². The predicted octanol–water partition coefficient (Wildman–Crippen LogP) is 4.79. The molecule has 0 spiro atoms. The van der Waals surface area contributed by atoms with Crippen molar-refractivity contribution in [2.24, 2.45) is 0 Å². The molecule has 152 valence electrons. The number of carbonyl (C=O) groups is 1. The molecule has 30 heavy (non-hydrogen) atoms. The summed E-state index contributed by atoms with van der Waals surface area (Å²) in [4.78, 5) is 18.7. The summed E-state index contributed by atoms with van der Waals surface area (Å²) in [6.45, 7) is 4.56. The van der Waals surface area contributed by atoms with Gasteiger partial charge in [0.1, 0.15) is 5.54 Å². The van der Waals surface area contributed by atoms with Gasteiger partial charge >= 0.3 is 0 Å². The lowest BCUT2D eigenvalue weighted by Gasteiger charge is -2.45. The van der Waals surface area contributed by atoms with Crippen LogP contribution < -0.4 is 0 Å². The number of hydrogen-bond donors (Lipinski definition) is 0. The summed E-state index contributed by atoms with van der Waals surface area (Å²) in [5.74, 6) is 0.183. The first-order valence-corrected chi connectivity index (χ1v) is 11.0. The van der Waals surface area contributed by atoms with Crippen molar-refractivity contribution in [3.05, 3.63) is 106 Å². The number of halogens is 1. The van der Waals surface area contributed by atoms with Crippen LogP contribution >= 0.6 is 11.6 Å². The molecule has 3 aromatic rings. The van der Waals surface area contributed by atoms with E-state index >= 15 is 0 Å². The van der Waals surface area contributed by atoms with Gasteiger partial charge in [0.2, 0.25) is 0 Å². The highest BCUT2D eigenvalue weighted by Gasteiger charge is 2.52. The lowest BCUT2D eigenvalue weighted by atomic mass is 9.83. The second-order valence-corrected chi connectivity index (χ2v) is 8.65. The van der Waals surface area contributed by atoms with E-state index in [2.05, 4.69) is 52.3 Å². The molecule has 1 aliphatic heterocycles. The minimum atomic E-state index is -0.659. The second kappa shape index (κ2) is 7.99. The van der Waals surface area contributed by atoms with Crippen molar-refractivity contribution in [1.29, 1.82) is 0 Å². The van der Waals surface area contributed by atoms with E-state index < -0.39 is 5.54 Å². The molecular formula is C26H25ClN2O. The van der Waals surface area contributed by atoms with Crippen molar-refractivity contribution < 1.29 is 4.79 Å². The van der Waals surface area contributed by atoms with Gasteiger partial charge in [-0.15, -0.1) is 0 Å². The van der Waals surface area contributed by atoms with Gasteiger partial charge in [-0.2, -0.15) is 0 Å². The number of rotatable bonds is 4. The van der Waals surface area contributed by atoms with Gasteiger partial charge in [-0.05, 0) is 22.8 Å². The lowest BCUT2D eigenvalue weighted by Crippen LogP contribution is -2.58. The van der Waals surface area contributed by atoms with Crippen LogP contribution in [-0.2, 0) is 18.5 Å². The number of benzene rings is 3. The minimum absolute atomic E-state index is 0.183. The van der Waals surface area contributed by atoms with E-state index in [1.807, 2.05) is 36.4 Å². The highest BCUT2D eigenvalue weighted by molar-refractivity contribution is 6.32. The summed E-state index contributed by atoms with van der Waals surface area (Å²) < 4.78 is 0. The van der Waals surface area contributed by atoms with Crippen LogP contribution in [0.3, 0.4) is 0 Å². The second-order valence-electron chi connectivity index (χ2n) is 8.25. The zero-order chi connectivity index (χ0) is 20.6. The van der Waals surface area contributed by atoms with E-state index in [1.54, 1.807) is 0 Å². The van der Waals surface area contributed by atoms with Gasteiger partial charge in [0.15, 0.2) is 5.78 Å². The molecule has 3 aromatic carbocycles. The molecule has 1 saturated heterocycles. The van der Waals surface area contributed by atoms with Gasteiger partial charge in [0.05, 0.1) is 0 Å². The van der Waals surface area contributed by atoms with Crippen LogP contribution in [0.2, 0.25) is 5.02 Å². The average Bonchev–Trinajstić information content (AvgIpc) is 3.10. The highest BCUT2D eigenvalue weighted by Crippen LogP contribution is 2.45. The fraction of sp³-hybridized carbons (Fsp3) is 0.269. The normalized spacial score (nSPS) is 22.2. The molecule has 1 fully saturated rings. The fourth-order valence-electron chi connectivity index (χ4n) is 5.02. The lowest BCUT2D eigenvalue weighted by molar-refractivity contribution is 0.0288. The summed E-state index contributed by atoms with van der Waals surface area (Å²) in [7, 11) is 0. The maximum absolute atomic E-state index is 13.8. The Kier molecular flexibility index (Phi) is 5.20. The number of ketones is 1. The molecule has 1 aliphatic carbocycles. The van der Waals surface area contributed by atoms with Crippen molar-refractivity contribution in [3.8, 4) is 0 Å². The Morgan fingerprint density at radius 1 is 0.800 bits per heavy atom. The van der Waals surface area contributed by atoms with E-state index in [0.717, 1.165) is 49.4 Å². The van der Waals surface area contributed by atoms with E-state index in [9.17, 15) is 4.79 Å². The zero-order valence-electron chi connectivity index (χ0n) is 16.9. The molecule has 1 heterocycles. The Bertz CT molecular complexity index is 1050. The van der Waals surface area contributed by atoms with E-state index in [1.165, 1.54) is 5.56 Å². The Labute approximate surface area is 182 Å². The van der Waals surface area contributed by atoms with Gasteiger partial charge < -0.3 is 0 Å². The van der Waals surface area contributed by atoms with Crippen molar-refractivity contribution >= 4 is 17.4 Å². The van der Waals surface area contributed by atoms with Gasteiger partial charge in [-0.3, -0.25) is 14.6 Å². The van der Waals surface area contributed by atoms with Crippen molar-refractivity contribution in [2.75, 3.05) is 26.2 Å². The summed E-state index contributed by atoms with van der Waals surface area (Å²) in [6.07, 6.45) is 0.642. The van der Waals surface area contributed by atoms with Crippen molar-refractivity contribution in [1.82, 2.24) is 9.80 Å². The predicted molar refractivity (Wildman–Crippen MR) is 121 cm³/mol. The third kappa shape index (κ3) is 3.27. The first-order valence-electron chi connectivity index (χ1n) is 10.6. The Balaban J connectivity index is 1.44. The van der Waals surface area contributed by atoms with Crippen molar-refractivity contribution in [3.63, 3.8) is 0 Å². The molecule has 0 aromatic heterocycles. The molecule has 5 rings (SSSR count). The summed E-state index contributed by atoms with van der Waals surface area (Å²) in [5.41, 5.74) is 3.50. The van der Waals surface area contributed by atoms with Crippen LogP contribution in [0.15, 0.2) is 78.9 Å². The third-order valence-corrected chi connectivity index (χ3v) is 6.94. The van der Waals surface area contributed by atoms with E-state index in [4.69, 9.17) is 11.6 Å². The van der Waals surface area contributed by atoms with Crippen molar-refractivity contribution in [2.45, 2.75) is 18.5 Å². The molecule has 1 unspecified atom stereocenters. The van der Waals surface area contributed by atoms with E-state index in [0.29, 0.717) is 11.4 Å².